The maximum absolute atomic E-state index is 13.8. The van der Waals surface area contributed by atoms with Crippen molar-refractivity contribution in [1.82, 2.24) is 14.8 Å². The molecule has 29 heavy (non-hydrogen) atoms. The molecule has 2 aliphatic rings. The summed E-state index contributed by atoms with van der Waals surface area (Å²) >= 11 is 0. The predicted octanol–water partition coefficient (Wildman–Crippen LogP) is 3.60. The van der Waals surface area contributed by atoms with E-state index < -0.39 is 0 Å². The maximum Gasteiger partial charge on any atom is 0.253 e. The van der Waals surface area contributed by atoms with Gasteiger partial charge in [-0.3, -0.25) is 9.59 Å². The molecule has 0 spiro atoms. The number of nitrogens with one attached hydrogen (secondary N) is 1. The van der Waals surface area contributed by atoms with Crippen molar-refractivity contribution in [2.45, 2.75) is 13.0 Å². The van der Waals surface area contributed by atoms with E-state index in [9.17, 15) is 14.0 Å². The van der Waals surface area contributed by atoms with E-state index in [-0.39, 0.29) is 35.5 Å². The summed E-state index contributed by atoms with van der Waals surface area (Å²) < 4.78 is 13.8. The number of rotatable bonds is 2. The highest BCUT2D eigenvalue weighted by Crippen LogP contribution is 2.45. The van der Waals surface area contributed by atoms with Gasteiger partial charge in [0, 0.05) is 61.1 Å². The summed E-state index contributed by atoms with van der Waals surface area (Å²) in [6.07, 6.45) is 1.86. The number of likely N-dealkylation sites (tertiary alicyclic amines) is 2. The molecule has 148 valence electrons. The van der Waals surface area contributed by atoms with Crippen molar-refractivity contribution in [1.29, 1.82) is 0 Å². The predicted molar refractivity (Wildman–Crippen MR) is 108 cm³/mol. The minimum absolute atomic E-state index is 0.00914. The summed E-state index contributed by atoms with van der Waals surface area (Å²) in [4.78, 5) is 32.2. The first-order valence-corrected chi connectivity index (χ1v) is 9.90. The number of benzene rings is 2. The molecule has 0 unspecified atom stereocenters. The van der Waals surface area contributed by atoms with Crippen molar-refractivity contribution in [2.75, 3.05) is 19.6 Å². The van der Waals surface area contributed by atoms with Crippen molar-refractivity contribution >= 4 is 22.7 Å². The van der Waals surface area contributed by atoms with E-state index in [1.807, 2.05) is 46.3 Å². The monoisotopic (exact) mass is 391 g/mol. The molecule has 0 aliphatic carbocycles. The van der Waals surface area contributed by atoms with Crippen LogP contribution in [0.5, 0.6) is 0 Å². The molecule has 2 saturated heterocycles. The van der Waals surface area contributed by atoms with Gasteiger partial charge in [-0.15, -0.1) is 0 Å². The van der Waals surface area contributed by atoms with Crippen LogP contribution in [0.25, 0.3) is 10.9 Å². The van der Waals surface area contributed by atoms with Gasteiger partial charge in [-0.05, 0) is 42.0 Å². The van der Waals surface area contributed by atoms with Gasteiger partial charge in [0.05, 0.1) is 6.04 Å². The second-order valence-electron chi connectivity index (χ2n) is 8.08. The van der Waals surface area contributed by atoms with Crippen molar-refractivity contribution < 1.29 is 14.0 Å². The number of H-pyrrole nitrogens is 1. The lowest BCUT2D eigenvalue weighted by Crippen LogP contribution is -2.36. The third kappa shape index (κ3) is 2.99. The molecule has 3 atom stereocenters. The minimum Gasteiger partial charge on any atom is -0.361 e. The van der Waals surface area contributed by atoms with E-state index in [0.717, 1.165) is 16.5 Å². The molecule has 2 amide bonds. The van der Waals surface area contributed by atoms with Crippen LogP contribution in [0.15, 0.2) is 54.7 Å². The Hall–Kier alpha value is -3.15. The number of halogens is 1. The van der Waals surface area contributed by atoms with E-state index in [2.05, 4.69) is 4.98 Å². The molecule has 0 radical (unpaired) electrons. The zero-order chi connectivity index (χ0) is 20.1. The Kier molecular flexibility index (Phi) is 4.15. The fourth-order valence-electron chi connectivity index (χ4n) is 5.02. The Morgan fingerprint density at radius 1 is 1.07 bits per heavy atom. The number of hydrogen-bond acceptors (Lipinski definition) is 2. The zero-order valence-electron chi connectivity index (χ0n) is 16.1. The van der Waals surface area contributed by atoms with Crippen LogP contribution in [0.3, 0.4) is 0 Å². The summed E-state index contributed by atoms with van der Waals surface area (Å²) in [5, 5.41) is 1.01. The molecular formula is C23H22FN3O2. The fourth-order valence-corrected chi connectivity index (χ4v) is 5.02. The number of aromatic amines is 1. The van der Waals surface area contributed by atoms with Gasteiger partial charge >= 0.3 is 0 Å². The van der Waals surface area contributed by atoms with E-state index in [1.165, 1.54) is 12.1 Å². The minimum atomic E-state index is -0.305. The maximum atomic E-state index is 13.8. The summed E-state index contributed by atoms with van der Waals surface area (Å²) in [6.45, 7) is 3.34. The van der Waals surface area contributed by atoms with Crippen LogP contribution in [-0.4, -0.2) is 46.2 Å². The number of fused-ring (bicyclic) bond motifs is 2. The lowest BCUT2D eigenvalue weighted by molar-refractivity contribution is -0.130. The second-order valence-corrected chi connectivity index (χ2v) is 8.08. The Labute approximate surface area is 168 Å². The number of carbonyl (C=O) groups excluding carboxylic acids is 2. The third-order valence-electron chi connectivity index (χ3n) is 6.35. The molecule has 2 fully saturated rings. The lowest BCUT2D eigenvalue weighted by atomic mass is 9.89. The van der Waals surface area contributed by atoms with Crippen LogP contribution in [0, 0.1) is 17.7 Å². The van der Waals surface area contributed by atoms with E-state index in [1.54, 1.807) is 13.0 Å². The Balaban J connectivity index is 1.42. The first kappa shape index (κ1) is 17.9. The van der Waals surface area contributed by atoms with Gasteiger partial charge in [0.15, 0.2) is 0 Å². The van der Waals surface area contributed by atoms with Gasteiger partial charge in [-0.1, -0.05) is 12.1 Å². The number of amides is 2. The molecule has 2 aliphatic heterocycles. The van der Waals surface area contributed by atoms with Gasteiger partial charge in [0.1, 0.15) is 5.82 Å². The SMILES string of the molecule is CC(=O)N1C[C@H]2CN(C(=O)c3ccc4[nH]ccc4c3)C[C@H]2[C@H]1c1cccc(F)c1. The van der Waals surface area contributed by atoms with Gasteiger partial charge in [0.25, 0.3) is 5.91 Å². The Morgan fingerprint density at radius 3 is 2.72 bits per heavy atom. The normalized spacial score (nSPS) is 23.6. The number of aromatic nitrogens is 1. The highest BCUT2D eigenvalue weighted by Gasteiger charge is 2.49. The molecular weight excluding hydrogens is 369 g/mol. The van der Waals surface area contributed by atoms with Gasteiger partial charge in [0.2, 0.25) is 5.91 Å². The van der Waals surface area contributed by atoms with Crippen LogP contribution < -0.4 is 0 Å². The van der Waals surface area contributed by atoms with Crippen molar-refractivity contribution in [3.63, 3.8) is 0 Å². The second kappa shape index (κ2) is 6.72. The van der Waals surface area contributed by atoms with Crippen LogP contribution >= 0.6 is 0 Å². The first-order chi connectivity index (χ1) is 14.0. The molecule has 5 rings (SSSR count). The van der Waals surface area contributed by atoms with Crippen LogP contribution in [0.2, 0.25) is 0 Å². The van der Waals surface area contributed by atoms with Crippen molar-refractivity contribution in [3.8, 4) is 0 Å². The highest BCUT2D eigenvalue weighted by molar-refractivity contribution is 5.98. The summed E-state index contributed by atoms with van der Waals surface area (Å²) in [5.41, 5.74) is 2.47. The molecule has 1 aromatic heterocycles. The quantitative estimate of drug-likeness (QED) is 0.726. The van der Waals surface area contributed by atoms with Gasteiger partial charge in [-0.25, -0.2) is 4.39 Å². The topological polar surface area (TPSA) is 56.4 Å². The van der Waals surface area contributed by atoms with Gasteiger partial charge in [-0.2, -0.15) is 0 Å². The van der Waals surface area contributed by atoms with Crippen molar-refractivity contribution in [2.24, 2.45) is 11.8 Å². The smallest absolute Gasteiger partial charge is 0.253 e. The molecule has 3 aromatic rings. The standard InChI is InChI=1S/C23H22FN3O2/c1-14(28)27-12-18-11-26(13-20(18)22(27)16-3-2-4-19(24)10-16)23(29)17-5-6-21-15(9-17)7-8-25-21/h2-10,18,20,22,25H,11-13H2,1H3/t18-,20-,22-/m1/s1. The van der Waals surface area contributed by atoms with E-state index in [0.29, 0.717) is 25.2 Å². The number of nitrogens with zero attached hydrogens (tertiary/aromatic N) is 2. The van der Waals surface area contributed by atoms with Crippen LogP contribution in [0.4, 0.5) is 4.39 Å². The Bertz CT molecular complexity index is 1110. The molecule has 5 nitrogen and oxygen atoms in total. The Morgan fingerprint density at radius 2 is 1.93 bits per heavy atom. The molecule has 3 heterocycles. The lowest BCUT2D eigenvalue weighted by Gasteiger charge is -2.29. The fraction of sp³-hybridized carbons (Fsp3) is 0.304. The van der Waals surface area contributed by atoms with E-state index >= 15 is 0 Å². The zero-order valence-corrected chi connectivity index (χ0v) is 16.1. The summed E-state index contributed by atoms with van der Waals surface area (Å²) in [5.74, 6) is 0.00671. The average Bonchev–Trinajstić information content (AvgIpc) is 3.40. The third-order valence-corrected chi connectivity index (χ3v) is 6.35. The van der Waals surface area contributed by atoms with Crippen LogP contribution in [-0.2, 0) is 4.79 Å². The van der Waals surface area contributed by atoms with Crippen LogP contribution in [0.1, 0.15) is 28.9 Å². The largest absolute Gasteiger partial charge is 0.361 e. The average molecular weight is 391 g/mol. The number of carbonyl (C=O) groups is 2. The summed E-state index contributed by atoms with van der Waals surface area (Å²) in [7, 11) is 0. The molecule has 2 aromatic carbocycles. The van der Waals surface area contributed by atoms with E-state index in [4.69, 9.17) is 0 Å². The summed E-state index contributed by atoms with van der Waals surface area (Å²) in [6, 6.07) is 13.9. The molecule has 0 bridgehead atoms. The van der Waals surface area contributed by atoms with Crippen molar-refractivity contribution in [3.05, 3.63) is 71.7 Å². The highest BCUT2D eigenvalue weighted by atomic mass is 19.1. The number of hydrogen-bond donors (Lipinski definition) is 1. The molecule has 1 N–H and O–H groups in total. The molecule has 0 saturated carbocycles. The molecule has 6 heteroatoms. The first-order valence-electron chi connectivity index (χ1n) is 9.90. The van der Waals surface area contributed by atoms with Gasteiger partial charge < -0.3 is 14.8 Å².